The van der Waals surface area contributed by atoms with E-state index >= 15 is 0 Å². The molecule has 0 aromatic carbocycles. The van der Waals surface area contributed by atoms with E-state index in [0.29, 0.717) is 78.3 Å². The SMILES string of the molecule is CC(C)(C)OC(=O)NC1CC(NS(=O)(=O)c2cc(C#N)ccn2)C1.CCOC(=O)c1cnc2[nH]ccc2c1Cl.CCOC(=O)c1cnc2[nH]ccc2c1NC1CC(NS(=O)(=O)c2cc(C#N)ccn2)C1.Cl.N#Cc1ccnc(S(=O)(=O)NC2CC(N)C2)c1. The third-order valence-corrected chi connectivity index (χ3v) is 17.7. The summed E-state index contributed by atoms with van der Waals surface area (Å²) in [5, 5.41) is 33.8. The van der Waals surface area contributed by atoms with Gasteiger partial charge in [0, 0.05) is 90.4 Å². The zero-order valence-corrected chi connectivity index (χ0v) is 51.9. The summed E-state index contributed by atoms with van der Waals surface area (Å²) < 4.78 is 96.1. The average molecular weight is 1310 g/mol. The van der Waals surface area contributed by atoms with Gasteiger partial charge in [-0.2, -0.15) is 15.8 Å². The van der Waals surface area contributed by atoms with Crippen LogP contribution < -0.4 is 30.5 Å². The van der Waals surface area contributed by atoms with Gasteiger partial charge < -0.3 is 40.5 Å². The van der Waals surface area contributed by atoms with Crippen LogP contribution in [0.4, 0.5) is 10.5 Å². The number of anilines is 1. The highest BCUT2D eigenvalue weighted by Crippen LogP contribution is 2.33. The van der Waals surface area contributed by atoms with Crippen molar-refractivity contribution in [3.8, 4) is 18.2 Å². The number of nitrogens with one attached hydrogen (secondary N) is 7. The molecule has 7 aromatic rings. The number of nitrogens with two attached hydrogens (primary N) is 1. The number of esters is 2. The smallest absolute Gasteiger partial charge is 0.407 e. The zero-order chi connectivity index (χ0) is 63.3. The Morgan fingerprint density at radius 2 is 1.01 bits per heavy atom. The molecule has 33 heteroatoms. The first-order valence-electron chi connectivity index (χ1n) is 26.8. The summed E-state index contributed by atoms with van der Waals surface area (Å²) in [6.45, 7) is 9.36. The molecule has 0 radical (unpaired) electrons. The van der Waals surface area contributed by atoms with E-state index < -0.39 is 53.7 Å². The Hall–Kier alpha value is -8.42. The van der Waals surface area contributed by atoms with Crippen molar-refractivity contribution < 1.29 is 53.8 Å². The van der Waals surface area contributed by atoms with Crippen molar-refractivity contribution in [2.45, 2.75) is 130 Å². The summed E-state index contributed by atoms with van der Waals surface area (Å²) >= 11 is 6.05. The second kappa shape index (κ2) is 30.0. The van der Waals surface area contributed by atoms with Crippen LogP contribution in [-0.2, 0) is 44.3 Å². The summed E-state index contributed by atoms with van der Waals surface area (Å²) in [7, 11) is -11.3. The number of pyridine rings is 5. The molecule has 3 fully saturated rings. The fourth-order valence-corrected chi connectivity index (χ4v) is 12.7. The molecule has 0 aliphatic heterocycles. The lowest BCUT2D eigenvalue weighted by Crippen LogP contribution is -2.54. The van der Waals surface area contributed by atoms with Crippen LogP contribution in [0.3, 0.4) is 0 Å². The van der Waals surface area contributed by atoms with E-state index in [9.17, 15) is 39.6 Å². The van der Waals surface area contributed by atoms with Gasteiger partial charge in [0.05, 0.1) is 64.4 Å². The van der Waals surface area contributed by atoms with E-state index in [4.69, 9.17) is 47.3 Å². The molecule has 0 spiro atoms. The number of sulfonamides is 3. The molecule has 0 saturated heterocycles. The first-order chi connectivity index (χ1) is 41.2. The van der Waals surface area contributed by atoms with Gasteiger partial charge in [-0.15, -0.1) is 12.4 Å². The first-order valence-corrected chi connectivity index (χ1v) is 31.7. The number of halogens is 2. The van der Waals surface area contributed by atoms with E-state index in [-0.39, 0.29) is 87.0 Å². The van der Waals surface area contributed by atoms with E-state index in [1.165, 1.54) is 67.4 Å². The highest BCUT2D eigenvalue weighted by Gasteiger charge is 2.37. The van der Waals surface area contributed by atoms with Crippen LogP contribution >= 0.6 is 24.0 Å². The molecular formula is C55H62Cl2N16O12S3. The summed E-state index contributed by atoms with van der Waals surface area (Å²) in [4.78, 5) is 61.1. The number of carbonyl (C=O) groups excluding carboxylic acids is 3. The fraction of sp³-hybridized carbons (Fsp3) is 0.364. The molecule has 0 atom stereocenters. The maximum Gasteiger partial charge on any atom is 0.407 e. The third kappa shape index (κ3) is 18.3. The minimum atomic E-state index is -3.83. The molecule has 1 amide bonds. The van der Waals surface area contributed by atoms with Crippen LogP contribution in [0.5, 0.6) is 0 Å². The van der Waals surface area contributed by atoms with Gasteiger partial charge in [0.15, 0.2) is 15.1 Å². The number of hydrogen-bond acceptors (Lipinski definition) is 22. The number of alkyl carbamates (subject to hydrolysis) is 1. The van der Waals surface area contributed by atoms with Crippen molar-refractivity contribution in [3.63, 3.8) is 0 Å². The number of rotatable bonds is 16. The molecule has 7 heterocycles. The molecule has 3 aliphatic carbocycles. The minimum Gasteiger partial charge on any atom is -0.462 e. The van der Waals surface area contributed by atoms with Gasteiger partial charge >= 0.3 is 18.0 Å². The number of fused-ring (bicyclic) bond motifs is 2. The maximum atomic E-state index is 12.5. The quantitative estimate of drug-likeness (QED) is 0.0421. The van der Waals surface area contributed by atoms with Gasteiger partial charge in [-0.05, 0) is 122 Å². The van der Waals surface area contributed by atoms with Crippen LogP contribution in [0.15, 0.2) is 107 Å². The number of nitrogens with zero attached hydrogens (tertiary/aromatic N) is 8. The third-order valence-electron chi connectivity index (χ3n) is 13.0. The molecule has 466 valence electrons. The van der Waals surface area contributed by atoms with Crippen molar-refractivity contribution in [1.29, 1.82) is 15.8 Å². The summed E-state index contributed by atoms with van der Waals surface area (Å²) in [5.41, 5.74) is 8.25. The second-order valence-electron chi connectivity index (χ2n) is 20.8. The largest absolute Gasteiger partial charge is 0.462 e. The van der Waals surface area contributed by atoms with Gasteiger partial charge in [-0.3, -0.25) is 0 Å². The molecule has 0 unspecified atom stereocenters. The highest BCUT2D eigenvalue weighted by atomic mass is 35.5. The second-order valence-corrected chi connectivity index (χ2v) is 26.1. The lowest BCUT2D eigenvalue weighted by Gasteiger charge is -2.37. The normalized spacial score (nSPS) is 18.4. The predicted molar refractivity (Wildman–Crippen MR) is 322 cm³/mol. The van der Waals surface area contributed by atoms with E-state index in [1.54, 1.807) is 53.1 Å². The van der Waals surface area contributed by atoms with Crippen LogP contribution in [0.2, 0.25) is 5.02 Å². The molecule has 10 rings (SSSR count). The summed E-state index contributed by atoms with van der Waals surface area (Å²) in [6.07, 6.45) is 12.9. The Balaban J connectivity index is 0.000000194. The molecular weight excluding hydrogens is 1240 g/mol. The summed E-state index contributed by atoms with van der Waals surface area (Å²) in [6, 6.07) is 16.5. The Kier molecular flexibility index (Phi) is 23.4. The van der Waals surface area contributed by atoms with Crippen LogP contribution in [0.1, 0.15) is 111 Å². The van der Waals surface area contributed by atoms with Gasteiger partial charge in [-0.1, -0.05) is 11.6 Å². The van der Waals surface area contributed by atoms with Crippen LogP contribution in [-0.4, -0.2) is 133 Å². The van der Waals surface area contributed by atoms with Crippen LogP contribution in [0.25, 0.3) is 22.1 Å². The predicted octanol–water partition coefficient (Wildman–Crippen LogP) is 5.75. The molecule has 9 N–H and O–H groups in total. The average Bonchev–Trinajstić information content (AvgIpc) is 2.34. The number of amides is 1. The van der Waals surface area contributed by atoms with Crippen LogP contribution in [0, 0.1) is 34.0 Å². The molecule has 3 aliphatic rings. The number of ether oxygens (including phenoxy) is 3. The molecule has 88 heavy (non-hydrogen) atoms. The molecule has 28 nitrogen and oxygen atoms in total. The number of nitriles is 3. The Morgan fingerprint density at radius 1 is 0.614 bits per heavy atom. The van der Waals surface area contributed by atoms with Crippen molar-refractivity contribution in [3.05, 3.63) is 125 Å². The van der Waals surface area contributed by atoms with Crippen molar-refractivity contribution in [2.75, 3.05) is 18.5 Å². The van der Waals surface area contributed by atoms with Crippen molar-refractivity contribution in [1.82, 2.24) is 54.4 Å². The Bertz CT molecular complexity index is 4130. The number of H-pyrrole nitrogens is 2. The lowest BCUT2D eigenvalue weighted by atomic mass is 9.87. The van der Waals surface area contributed by atoms with Gasteiger partial charge in [0.25, 0.3) is 30.1 Å². The van der Waals surface area contributed by atoms with E-state index in [0.717, 1.165) is 10.8 Å². The molecule has 7 aromatic heterocycles. The van der Waals surface area contributed by atoms with E-state index in [2.05, 4.69) is 59.7 Å². The number of aromatic nitrogens is 7. The van der Waals surface area contributed by atoms with E-state index in [1.807, 2.05) is 24.3 Å². The Morgan fingerprint density at radius 3 is 1.43 bits per heavy atom. The molecule has 3 saturated carbocycles. The topological polar surface area (TPSA) is 435 Å². The van der Waals surface area contributed by atoms with Crippen molar-refractivity contribution >= 4 is 99.9 Å². The monoisotopic (exact) mass is 1300 g/mol. The fourth-order valence-electron chi connectivity index (χ4n) is 8.67. The highest BCUT2D eigenvalue weighted by molar-refractivity contribution is 7.90. The minimum absolute atomic E-state index is 0. The van der Waals surface area contributed by atoms with Gasteiger partial charge in [-0.25, -0.2) is 78.7 Å². The number of hydrogen-bond donors (Lipinski definition) is 8. The standard InChI is InChI=1S/C20H20N6O4S.C15H20N4O4S.C10H9ClN2O2.C10H12N4O2S.ClH/c1-2-30-20(27)16-11-24-19-15(4-6-23-19)18(16)25-13-8-14(9-13)26-31(28,29)17-7-12(10-21)3-5-22-17;1-15(2,3)23-14(20)18-11-7-12(8-11)19-24(21,22)13-6-10(9-16)4-5-17-13;1-2-15-10(14)7-5-13-9-6(8(7)11)3-4-12-9;11-6-7-1-2-13-10(3-7)17(15,16)14-9-4-8(12)5-9;/h3-7,11,13-14,26H,2,8-9H2,1H3,(H2,23,24,25);4-6,11-12,19H,7-8H2,1-3H3,(H,18,20);3-5H,2H2,1H3,(H,12,13);1-3,8-9,14H,4-5,12H2;1H. The lowest BCUT2D eigenvalue weighted by molar-refractivity contribution is 0.0466. The van der Waals surface area contributed by atoms with Gasteiger partial charge in [0.2, 0.25) is 0 Å². The molecule has 0 bridgehead atoms. The first kappa shape index (κ1) is 68.7. The Labute approximate surface area is 518 Å². The van der Waals surface area contributed by atoms with Crippen molar-refractivity contribution in [2.24, 2.45) is 5.73 Å². The number of aromatic amines is 2. The maximum absolute atomic E-state index is 12.5. The zero-order valence-electron chi connectivity index (χ0n) is 47.8. The number of carbonyl (C=O) groups is 3. The summed E-state index contributed by atoms with van der Waals surface area (Å²) in [5.74, 6) is -0.918. The van der Waals surface area contributed by atoms with Gasteiger partial charge in [0.1, 0.15) is 22.5 Å².